The van der Waals surface area contributed by atoms with Gasteiger partial charge >= 0.3 is 0 Å². The minimum atomic E-state index is -1.06. The first-order valence-corrected chi connectivity index (χ1v) is 19.5. The molecule has 296 valence electrons. The van der Waals surface area contributed by atoms with Crippen molar-refractivity contribution in [2.75, 3.05) is 10.6 Å². The Kier molecular flexibility index (Phi) is 8.85. The fourth-order valence-corrected chi connectivity index (χ4v) is 7.40. The Bertz CT molecular complexity index is 2800. The summed E-state index contributed by atoms with van der Waals surface area (Å²) in [4.78, 5) is 34.9. The van der Waals surface area contributed by atoms with Crippen molar-refractivity contribution < 1.29 is 14.7 Å². The van der Waals surface area contributed by atoms with E-state index >= 15 is 0 Å². The molecular formula is C42H40N14O3. The van der Waals surface area contributed by atoms with E-state index in [0.29, 0.717) is 46.8 Å². The van der Waals surface area contributed by atoms with Crippen LogP contribution in [-0.4, -0.2) is 83.8 Å². The first-order valence-electron chi connectivity index (χ1n) is 19.5. The van der Waals surface area contributed by atoms with Crippen molar-refractivity contribution in [1.29, 1.82) is 0 Å². The third-order valence-electron chi connectivity index (χ3n) is 10.6. The van der Waals surface area contributed by atoms with Gasteiger partial charge in [-0.25, -0.2) is 9.03 Å². The van der Waals surface area contributed by atoms with Crippen molar-refractivity contribution in [3.8, 4) is 22.3 Å². The number of fused-ring (bicyclic) bond motifs is 2. The van der Waals surface area contributed by atoms with Crippen LogP contribution in [0, 0.1) is 5.92 Å². The lowest BCUT2D eigenvalue weighted by molar-refractivity contribution is 0.0234. The maximum absolute atomic E-state index is 13.2. The van der Waals surface area contributed by atoms with Crippen LogP contribution in [0.25, 0.3) is 33.5 Å². The average molecular weight is 789 g/mol. The maximum Gasteiger partial charge on any atom is 0.251 e. The van der Waals surface area contributed by atoms with Crippen LogP contribution in [0.1, 0.15) is 53.3 Å². The number of hydrogen-bond acceptors (Lipinski definition) is 11. The lowest BCUT2D eigenvalue weighted by Gasteiger charge is -2.23. The van der Waals surface area contributed by atoms with E-state index in [9.17, 15) is 14.7 Å². The molecule has 2 aliphatic rings. The number of hydrogen-bond donors (Lipinski definition) is 6. The number of carbonyl (C=O) groups is 2. The van der Waals surface area contributed by atoms with Gasteiger partial charge in [-0.2, -0.15) is 20.2 Å². The number of carbonyl (C=O) groups excluding carboxylic acids is 2. The molecule has 59 heavy (non-hydrogen) atoms. The molecule has 2 saturated carbocycles. The number of rotatable bonds is 14. The van der Waals surface area contributed by atoms with E-state index in [2.05, 4.69) is 51.7 Å². The SMILES string of the molecule is CC(O)(CC1CC1NC(=O)c1ccc(Nc2nc3c(-c4cn[nH]c4)cccn3n2)cc1)Cn1cc(-c2cccn3nc(Nc4ccc(C(=O)NC5CC5)cc4)nc23)cn1. The summed E-state index contributed by atoms with van der Waals surface area (Å²) in [6.45, 7) is 2.08. The van der Waals surface area contributed by atoms with Gasteiger partial charge in [0.2, 0.25) is 11.9 Å². The van der Waals surface area contributed by atoms with Gasteiger partial charge in [0, 0.05) is 81.6 Å². The molecule has 0 bridgehead atoms. The minimum absolute atomic E-state index is 0.0235. The molecule has 2 fully saturated rings. The second-order valence-electron chi connectivity index (χ2n) is 15.6. The molecule has 0 saturated heterocycles. The van der Waals surface area contributed by atoms with E-state index in [-0.39, 0.29) is 30.3 Å². The Morgan fingerprint density at radius 2 is 1.39 bits per heavy atom. The number of nitrogens with zero attached hydrogens (tertiary/aromatic N) is 9. The van der Waals surface area contributed by atoms with Gasteiger partial charge < -0.3 is 26.4 Å². The molecule has 6 heterocycles. The molecule has 8 aromatic rings. The topological polar surface area (TPSA) is 209 Å². The van der Waals surface area contributed by atoms with Crippen LogP contribution < -0.4 is 21.3 Å². The van der Waals surface area contributed by atoms with Crippen molar-refractivity contribution >= 4 is 46.4 Å². The zero-order valence-corrected chi connectivity index (χ0v) is 31.9. The minimum Gasteiger partial charge on any atom is -0.388 e. The molecule has 3 atom stereocenters. The largest absolute Gasteiger partial charge is 0.388 e. The molecule has 17 nitrogen and oxygen atoms in total. The Morgan fingerprint density at radius 1 is 0.797 bits per heavy atom. The Morgan fingerprint density at radius 3 is 1.97 bits per heavy atom. The van der Waals surface area contributed by atoms with Crippen LogP contribution in [0.4, 0.5) is 23.3 Å². The second-order valence-corrected chi connectivity index (χ2v) is 15.6. The van der Waals surface area contributed by atoms with Gasteiger partial charge in [0.1, 0.15) is 0 Å². The van der Waals surface area contributed by atoms with Crippen LogP contribution in [-0.2, 0) is 6.54 Å². The summed E-state index contributed by atoms with van der Waals surface area (Å²) in [5.41, 5.74) is 6.44. The normalized spacial score (nSPS) is 17.1. The summed E-state index contributed by atoms with van der Waals surface area (Å²) in [6, 6.07) is 22.4. The highest BCUT2D eigenvalue weighted by Gasteiger charge is 2.43. The summed E-state index contributed by atoms with van der Waals surface area (Å²) in [6.07, 6.45) is 14.2. The molecule has 2 aromatic carbocycles. The van der Waals surface area contributed by atoms with Crippen LogP contribution >= 0.6 is 0 Å². The van der Waals surface area contributed by atoms with Crippen LogP contribution in [0.3, 0.4) is 0 Å². The van der Waals surface area contributed by atoms with E-state index in [1.807, 2.05) is 73.3 Å². The molecule has 6 aromatic heterocycles. The summed E-state index contributed by atoms with van der Waals surface area (Å²) in [5, 5.41) is 44.6. The van der Waals surface area contributed by atoms with Crippen molar-refractivity contribution in [3.63, 3.8) is 0 Å². The quantitative estimate of drug-likeness (QED) is 0.0826. The first kappa shape index (κ1) is 36.0. The van der Waals surface area contributed by atoms with Gasteiger partial charge in [0.05, 0.1) is 24.5 Å². The van der Waals surface area contributed by atoms with Gasteiger partial charge in [-0.3, -0.25) is 19.4 Å². The van der Waals surface area contributed by atoms with E-state index < -0.39 is 5.60 Å². The number of aromatic nitrogens is 10. The van der Waals surface area contributed by atoms with Crippen molar-refractivity contribution in [3.05, 3.63) is 121 Å². The van der Waals surface area contributed by atoms with Gasteiger partial charge in [0.15, 0.2) is 11.3 Å². The van der Waals surface area contributed by atoms with Crippen molar-refractivity contribution in [1.82, 2.24) is 59.8 Å². The smallest absolute Gasteiger partial charge is 0.251 e. The molecule has 2 aliphatic carbocycles. The standard InChI is InChI=1S/C42H40N14O3/c1-42(59,19-27-18-35(27)49-39(58)26-8-12-32(13-9-26)47-40-50-36-33(28-20-43-44-21-28)4-2-16-55(36)52-40)24-54-23-29(22-45-54)34-5-3-17-56-37(34)51-41(53-56)48-31-10-6-25(7-11-31)38(57)46-30-14-15-30/h2-13,16-17,20-23,27,30,35,59H,14-15,18-19,24H2,1H3,(H,43,44)(H,46,57)(H,47,52)(H,48,53)(H,49,58). The molecule has 6 N–H and O–H groups in total. The number of H-pyrrole nitrogens is 1. The number of nitrogens with one attached hydrogen (secondary N) is 5. The lowest BCUT2D eigenvalue weighted by Crippen LogP contribution is -2.33. The molecule has 3 unspecified atom stereocenters. The van der Waals surface area contributed by atoms with Crippen LogP contribution in [0.5, 0.6) is 0 Å². The molecule has 0 radical (unpaired) electrons. The third-order valence-corrected chi connectivity index (χ3v) is 10.6. The molecule has 0 aliphatic heterocycles. The molecule has 0 spiro atoms. The zero-order chi connectivity index (χ0) is 40.1. The number of aliphatic hydroxyl groups is 1. The Labute approximate surface area is 336 Å². The Balaban J connectivity index is 0.725. The molecule has 17 heteroatoms. The first-order chi connectivity index (χ1) is 28.7. The van der Waals surface area contributed by atoms with Gasteiger partial charge in [-0.15, -0.1) is 10.2 Å². The highest BCUT2D eigenvalue weighted by Crippen LogP contribution is 2.38. The van der Waals surface area contributed by atoms with E-state index in [4.69, 9.17) is 4.98 Å². The predicted octanol–water partition coefficient (Wildman–Crippen LogP) is 5.36. The summed E-state index contributed by atoms with van der Waals surface area (Å²) in [7, 11) is 0. The highest BCUT2D eigenvalue weighted by atomic mass is 16.3. The highest BCUT2D eigenvalue weighted by molar-refractivity contribution is 5.95. The van der Waals surface area contributed by atoms with Gasteiger partial charge in [-0.1, -0.05) is 0 Å². The molecular weight excluding hydrogens is 749 g/mol. The van der Waals surface area contributed by atoms with Crippen molar-refractivity contribution in [2.45, 2.75) is 56.8 Å². The summed E-state index contributed by atoms with van der Waals surface area (Å²) >= 11 is 0. The third kappa shape index (κ3) is 7.82. The van der Waals surface area contributed by atoms with Crippen LogP contribution in [0.15, 0.2) is 110 Å². The van der Waals surface area contributed by atoms with E-state index in [1.54, 1.807) is 57.3 Å². The van der Waals surface area contributed by atoms with Gasteiger partial charge in [0.25, 0.3) is 11.8 Å². The maximum atomic E-state index is 13.2. The average Bonchev–Trinajstić information content (AvgIpc) is 3.80. The number of aromatic amines is 1. The number of pyridine rings is 2. The summed E-state index contributed by atoms with van der Waals surface area (Å²) < 4.78 is 5.15. The van der Waals surface area contributed by atoms with Crippen LogP contribution in [0.2, 0.25) is 0 Å². The monoisotopic (exact) mass is 788 g/mol. The fraction of sp³-hybridized carbons (Fsp3) is 0.238. The Hall–Kier alpha value is -7.40. The molecule has 2 amide bonds. The number of amides is 2. The van der Waals surface area contributed by atoms with E-state index in [0.717, 1.165) is 52.9 Å². The second kappa shape index (κ2) is 14.5. The number of anilines is 4. The van der Waals surface area contributed by atoms with Crippen molar-refractivity contribution in [2.24, 2.45) is 5.92 Å². The number of benzene rings is 2. The fourth-order valence-electron chi connectivity index (χ4n) is 7.40. The van der Waals surface area contributed by atoms with E-state index in [1.165, 1.54) is 0 Å². The lowest BCUT2D eigenvalue weighted by atomic mass is 9.99. The summed E-state index contributed by atoms with van der Waals surface area (Å²) in [5.74, 6) is 0.767. The predicted molar refractivity (Wildman–Crippen MR) is 219 cm³/mol. The molecule has 10 rings (SSSR count). The zero-order valence-electron chi connectivity index (χ0n) is 31.9. The van der Waals surface area contributed by atoms with Gasteiger partial charge in [-0.05, 0) is 111 Å².